The predicted octanol–water partition coefficient (Wildman–Crippen LogP) is 4.31. The van der Waals surface area contributed by atoms with Gasteiger partial charge in [0.25, 0.3) is 5.91 Å². The number of anilines is 1. The number of hydrogen-bond donors (Lipinski definition) is 2. The maximum atomic E-state index is 12.0. The molecule has 0 heterocycles. The highest BCUT2D eigenvalue weighted by Crippen LogP contribution is 2.24. The molecular formula is C18H19Cl2N3O2. The van der Waals surface area contributed by atoms with E-state index in [1.165, 1.54) is 12.3 Å². The standard InChI is InChI=1S/C18H19Cl2N3O2/c1-3-23(4-2)14-7-5-13(17(24)10-14)11-21-22-18(25)12-6-8-15(19)16(20)9-12/h5-11,24H,3-4H2,1-2H3,(H,22,25). The van der Waals surface area contributed by atoms with Gasteiger partial charge < -0.3 is 10.0 Å². The van der Waals surface area contributed by atoms with Crippen LogP contribution >= 0.6 is 23.2 Å². The van der Waals surface area contributed by atoms with E-state index in [1.807, 2.05) is 6.07 Å². The molecule has 2 N–H and O–H groups in total. The first-order valence-electron chi connectivity index (χ1n) is 7.82. The van der Waals surface area contributed by atoms with Gasteiger partial charge in [-0.25, -0.2) is 5.43 Å². The molecule has 0 radical (unpaired) electrons. The van der Waals surface area contributed by atoms with Crippen molar-refractivity contribution in [1.82, 2.24) is 5.43 Å². The Balaban J connectivity index is 2.06. The van der Waals surface area contributed by atoms with Gasteiger partial charge in [-0.05, 0) is 44.2 Å². The molecular weight excluding hydrogens is 361 g/mol. The Kier molecular flexibility index (Phi) is 6.67. The zero-order valence-corrected chi connectivity index (χ0v) is 15.5. The van der Waals surface area contributed by atoms with Crippen molar-refractivity contribution >= 4 is 41.0 Å². The second-order valence-electron chi connectivity index (χ2n) is 5.24. The summed E-state index contributed by atoms with van der Waals surface area (Å²) in [5, 5.41) is 14.7. The average molecular weight is 380 g/mol. The number of halogens is 2. The Labute approximate surface area is 156 Å². The van der Waals surface area contributed by atoms with Gasteiger partial charge in [0.15, 0.2) is 0 Å². The topological polar surface area (TPSA) is 64.9 Å². The fraction of sp³-hybridized carbons (Fsp3) is 0.222. The number of nitrogens with one attached hydrogen (secondary N) is 1. The zero-order chi connectivity index (χ0) is 18.4. The Morgan fingerprint density at radius 1 is 1.16 bits per heavy atom. The summed E-state index contributed by atoms with van der Waals surface area (Å²) >= 11 is 11.7. The van der Waals surface area contributed by atoms with E-state index in [0.29, 0.717) is 21.2 Å². The van der Waals surface area contributed by atoms with Crippen LogP contribution in [0.1, 0.15) is 29.8 Å². The maximum Gasteiger partial charge on any atom is 0.271 e. The number of phenolic OH excluding ortho intramolecular Hbond substituents is 1. The maximum absolute atomic E-state index is 12.0. The summed E-state index contributed by atoms with van der Waals surface area (Å²) in [6.45, 7) is 5.80. The lowest BCUT2D eigenvalue weighted by atomic mass is 10.2. The lowest BCUT2D eigenvalue weighted by molar-refractivity contribution is 0.0955. The van der Waals surface area contributed by atoms with Gasteiger partial charge in [0.2, 0.25) is 0 Å². The summed E-state index contributed by atoms with van der Waals surface area (Å²) in [7, 11) is 0. The van der Waals surface area contributed by atoms with Gasteiger partial charge in [-0.3, -0.25) is 4.79 Å². The fourth-order valence-electron chi connectivity index (χ4n) is 2.29. The van der Waals surface area contributed by atoms with Crippen molar-refractivity contribution in [1.29, 1.82) is 0 Å². The lowest BCUT2D eigenvalue weighted by Crippen LogP contribution is -2.21. The molecule has 0 aliphatic rings. The van der Waals surface area contributed by atoms with Crippen LogP contribution < -0.4 is 10.3 Å². The molecule has 0 unspecified atom stereocenters. The quantitative estimate of drug-likeness (QED) is 0.580. The molecule has 5 nitrogen and oxygen atoms in total. The minimum atomic E-state index is -0.422. The van der Waals surface area contributed by atoms with Crippen LogP contribution in [0.3, 0.4) is 0 Å². The van der Waals surface area contributed by atoms with Crippen molar-refractivity contribution in [2.24, 2.45) is 5.10 Å². The van der Waals surface area contributed by atoms with E-state index in [-0.39, 0.29) is 5.75 Å². The third kappa shape index (κ3) is 4.87. The first kappa shape index (κ1) is 19.1. The van der Waals surface area contributed by atoms with Gasteiger partial charge in [-0.15, -0.1) is 0 Å². The summed E-state index contributed by atoms with van der Waals surface area (Å²) in [4.78, 5) is 14.1. The van der Waals surface area contributed by atoms with Gasteiger partial charge in [0.1, 0.15) is 5.75 Å². The number of carbonyl (C=O) groups is 1. The first-order chi connectivity index (χ1) is 12.0. The van der Waals surface area contributed by atoms with Crippen LogP contribution in [-0.2, 0) is 0 Å². The van der Waals surface area contributed by atoms with Gasteiger partial charge >= 0.3 is 0 Å². The number of hydrazone groups is 1. The Hall–Kier alpha value is -2.24. The molecule has 0 atom stereocenters. The molecule has 0 spiro atoms. The highest BCUT2D eigenvalue weighted by atomic mass is 35.5. The molecule has 25 heavy (non-hydrogen) atoms. The van der Waals surface area contributed by atoms with E-state index in [9.17, 15) is 9.90 Å². The Bertz CT molecular complexity index is 790. The van der Waals surface area contributed by atoms with E-state index in [1.54, 1.807) is 24.3 Å². The van der Waals surface area contributed by atoms with Crippen LogP contribution in [0.5, 0.6) is 5.75 Å². The third-order valence-corrected chi connectivity index (χ3v) is 4.43. The summed E-state index contributed by atoms with van der Waals surface area (Å²) in [6.07, 6.45) is 1.39. The number of amides is 1. The molecule has 0 fully saturated rings. The van der Waals surface area contributed by atoms with E-state index < -0.39 is 5.91 Å². The lowest BCUT2D eigenvalue weighted by Gasteiger charge is -2.21. The molecule has 0 aliphatic carbocycles. The molecule has 0 saturated carbocycles. The first-order valence-corrected chi connectivity index (χ1v) is 8.58. The summed E-state index contributed by atoms with van der Waals surface area (Å²) in [5.41, 5.74) is 4.16. The normalized spacial score (nSPS) is 10.9. The second kappa shape index (κ2) is 8.74. The summed E-state index contributed by atoms with van der Waals surface area (Å²) in [5.74, 6) is -0.328. The monoisotopic (exact) mass is 379 g/mol. The van der Waals surface area contributed by atoms with Crippen LogP contribution in [0.15, 0.2) is 41.5 Å². The van der Waals surface area contributed by atoms with Crippen molar-refractivity contribution in [2.75, 3.05) is 18.0 Å². The molecule has 2 aromatic rings. The Morgan fingerprint density at radius 3 is 2.48 bits per heavy atom. The van der Waals surface area contributed by atoms with E-state index in [4.69, 9.17) is 23.2 Å². The van der Waals surface area contributed by atoms with E-state index in [0.717, 1.165) is 18.8 Å². The minimum Gasteiger partial charge on any atom is -0.507 e. The van der Waals surface area contributed by atoms with Crippen molar-refractivity contribution < 1.29 is 9.90 Å². The second-order valence-corrected chi connectivity index (χ2v) is 6.06. The van der Waals surface area contributed by atoms with Crippen molar-refractivity contribution in [2.45, 2.75) is 13.8 Å². The fourth-order valence-corrected chi connectivity index (χ4v) is 2.59. The van der Waals surface area contributed by atoms with Crippen LogP contribution in [0.2, 0.25) is 10.0 Å². The molecule has 7 heteroatoms. The number of phenols is 1. The number of carbonyl (C=O) groups excluding carboxylic acids is 1. The van der Waals surface area contributed by atoms with Crippen LogP contribution in [-0.4, -0.2) is 30.3 Å². The SMILES string of the molecule is CCN(CC)c1ccc(C=NNC(=O)c2ccc(Cl)c(Cl)c2)c(O)c1. The van der Waals surface area contributed by atoms with E-state index >= 15 is 0 Å². The molecule has 2 aromatic carbocycles. The smallest absolute Gasteiger partial charge is 0.271 e. The molecule has 2 rings (SSSR count). The highest BCUT2D eigenvalue weighted by molar-refractivity contribution is 6.42. The molecule has 0 saturated heterocycles. The molecule has 1 amide bonds. The minimum absolute atomic E-state index is 0.0944. The van der Waals surface area contributed by atoms with Gasteiger partial charge in [-0.1, -0.05) is 23.2 Å². The Morgan fingerprint density at radius 2 is 1.88 bits per heavy atom. The number of aromatic hydroxyl groups is 1. The van der Waals surface area contributed by atoms with Crippen LogP contribution in [0.25, 0.3) is 0 Å². The molecule has 0 bridgehead atoms. The average Bonchev–Trinajstić information content (AvgIpc) is 2.60. The van der Waals surface area contributed by atoms with Gasteiger partial charge in [0, 0.05) is 36.0 Å². The predicted molar refractivity (Wildman–Crippen MR) is 103 cm³/mol. The van der Waals surface area contributed by atoms with Crippen molar-refractivity contribution in [3.05, 3.63) is 57.6 Å². The molecule has 0 aromatic heterocycles. The van der Waals surface area contributed by atoms with Crippen molar-refractivity contribution in [3.63, 3.8) is 0 Å². The van der Waals surface area contributed by atoms with Crippen LogP contribution in [0.4, 0.5) is 5.69 Å². The number of nitrogens with zero attached hydrogens (tertiary/aromatic N) is 2. The highest BCUT2D eigenvalue weighted by Gasteiger charge is 2.08. The van der Waals surface area contributed by atoms with Gasteiger partial charge in [-0.2, -0.15) is 5.10 Å². The zero-order valence-electron chi connectivity index (χ0n) is 14.0. The third-order valence-electron chi connectivity index (χ3n) is 3.69. The number of rotatable bonds is 6. The number of hydrogen-bond acceptors (Lipinski definition) is 4. The van der Waals surface area contributed by atoms with E-state index in [2.05, 4.69) is 29.3 Å². The van der Waals surface area contributed by atoms with Gasteiger partial charge in [0.05, 0.1) is 16.3 Å². The largest absolute Gasteiger partial charge is 0.507 e. The number of benzene rings is 2. The molecule has 0 aliphatic heterocycles. The van der Waals surface area contributed by atoms with Crippen LogP contribution in [0, 0.1) is 0 Å². The van der Waals surface area contributed by atoms with Crippen molar-refractivity contribution in [3.8, 4) is 5.75 Å². The molecule has 132 valence electrons. The summed E-state index contributed by atoms with van der Waals surface area (Å²) < 4.78 is 0. The summed E-state index contributed by atoms with van der Waals surface area (Å²) in [6, 6.07) is 9.88.